The molecule has 1 aromatic carbocycles. The lowest BCUT2D eigenvalue weighted by atomic mass is 9.84. The molecule has 1 aromatic rings. The van der Waals surface area contributed by atoms with E-state index in [2.05, 4.69) is 0 Å². The number of benzene rings is 1. The molecular formula is C20H27NO4. The Balaban J connectivity index is 1.74. The van der Waals surface area contributed by atoms with E-state index in [0.717, 1.165) is 24.2 Å². The molecule has 1 aliphatic heterocycles. The molecule has 1 heterocycles. The molecular weight excluding hydrogens is 318 g/mol. The van der Waals surface area contributed by atoms with Gasteiger partial charge in [0, 0.05) is 18.5 Å². The molecule has 5 nitrogen and oxygen atoms in total. The minimum atomic E-state index is -0.769. The van der Waals surface area contributed by atoms with Crippen molar-refractivity contribution in [3.63, 3.8) is 0 Å². The number of carboxylic acid groups (broad SMARTS) is 1. The smallest absolute Gasteiger partial charge is 0.308 e. The van der Waals surface area contributed by atoms with E-state index in [1.807, 2.05) is 38.1 Å². The molecule has 1 aliphatic carbocycles. The van der Waals surface area contributed by atoms with Gasteiger partial charge >= 0.3 is 5.97 Å². The molecule has 1 amide bonds. The monoisotopic (exact) mass is 345 g/mol. The van der Waals surface area contributed by atoms with E-state index in [9.17, 15) is 14.7 Å². The van der Waals surface area contributed by atoms with Gasteiger partial charge in [-0.05, 0) is 42.7 Å². The van der Waals surface area contributed by atoms with E-state index in [-0.39, 0.29) is 11.8 Å². The second-order valence-electron chi connectivity index (χ2n) is 8.03. The summed E-state index contributed by atoms with van der Waals surface area (Å²) in [6.07, 6.45) is 2.76. The third-order valence-electron chi connectivity index (χ3n) is 5.60. The van der Waals surface area contributed by atoms with Crippen molar-refractivity contribution >= 4 is 11.9 Å². The van der Waals surface area contributed by atoms with E-state index in [0.29, 0.717) is 25.4 Å². The summed E-state index contributed by atoms with van der Waals surface area (Å²) in [7, 11) is 1.63. The number of hydrogen-bond acceptors (Lipinski definition) is 3. The number of para-hydroxylation sites is 1. The van der Waals surface area contributed by atoms with Crippen LogP contribution in [0.4, 0.5) is 0 Å². The van der Waals surface area contributed by atoms with Crippen LogP contribution in [0.5, 0.6) is 5.75 Å². The second-order valence-corrected chi connectivity index (χ2v) is 8.03. The Hall–Kier alpha value is -2.04. The van der Waals surface area contributed by atoms with E-state index in [1.165, 1.54) is 0 Å². The van der Waals surface area contributed by atoms with Gasteiger partial charge in [-0.3, -0.25) is 9.59 Å². The van der Waals surface area contributed by atoms with Crippen LogP contribution in [0.1, 0.15) is 32.3 Å². The summed E-state index contributed by atoms with van der Waals surface area (Å²) in [5, 5.41) is 9.51. The van der Waals surface area contributed by atoms with Crippen molar-refractivity contribution in [2.24, 2.45) is 23.2 Å². The number of aliphatic carboxylic acids is 1. The number of likely N-dealkylation sites (tertiary alicyclic amines) is 1. The lowest BCUT2D eigenvalue weighted by molar-refractivity contribution is -0.143. The minimum absolute atomic E-state index is 0.0350. The molecule has 1 saturated heterocycles. The highest BCUT2D eigenvalue weighted by Crippen LogP contribution is 2.45. The van der Waals surface area contributed by atoms with Crippen LogP contribution in [0.25, 0.3) is 0 Å². The largest absolute Gasteiger partial charge is 0.496 e. The summed E-state index contributed by atoms with van der Waals surface area (Å²) in [6, 6.07) is 7.73. The fraction of sp³-hybridized carbons (Fsp3) is 0.600. The Labute approximate surface area is 149 Å². The number of hydrogen-bond donors (Lipinski definition) is 1. The Morgan fingerprint density at radius 1 is 1.24 bits per heavy atom. The summed E-state index contributed by atoms with van der Waals surface area (Å²) in [6.45, 7) is 4.78. The van der Waals surface area contributed by atoms with Gasteiger partial charge < -0.3 is 14.7 Å². The lowest BCUT2D eigenvalue weighted by Crippen LogP contribution is -2.41. The molecule has 25 heavy (non-hydrogen) atoms. The molecule has 0 bridgehead atoms. The molecule has 0 unspecified atom stereocenters. The van der Waals surface area contributed by atoms with Crippen LogP contribution in [0.3, 0.4) is 0 Å². The number of nitrogens with zero attached hydrogens (tertiary/aromatic N) is 1. The van der Waals surface area contributed by atoms with Gasteiger partial charge in [-0.1, -0.05) is 32.0 Å². The summed E-state index contributed by atoms with van der Waals surface area (Å²) >= 11 is 0. The Morgan fingerprint density at radius 2 is 1.92 bits per heavy atom. The number of carbonyl (C=O) groups excluding carboxylic acids is 1. The third-order valence-corrected chi connectivity index (χ3v) is 5.60. The number of amides is 1. The van der Waals surface area contributed by atoms with Gasteiger partial charge in [-0.2, -0.15) is 0 Å². The molecule has 1 saturated carbocycles. The van der Waals surface area contributed by atoms with Gasteiger partial charge in [0.25, 0.3) is 0 Å². The van der Waals surface area contributed by atoms with Gasteiger partial charge in [-0.15, -0.1) is 0 Å². The summed E-state index contributed by atoms with van der Waals surface area (Å²) < 4.78 is 5.40. The standard InChI is InChI=1S/C20H27NO4/c1-20(2,10-14-6-4-5-7-17(14)25-3)19(24)21-11-15(13-8-9-13)16(12-21)18(22)23/h4-7,13,15-16H,8-12H2,1-3H3,(H,22,23)/t15-,16+/m1/s1. The van der Waals surface area contributed by atoms with Crippen LogP contribution < -0.4 is 4.74 Å². The van der Waals surface area contributed by atoms with Crippen LogP contribution in [0.2, 0.25) is 0 Å². The van der Waals surface area contributed by atoms with Crippen molar-refractivity contribution in [3.8, 4) is 5.75 Å². The third kappa shape index (κ3) is 3.65. The zero-order valence-electron chi connectivity index (χ0n) is 15.2. The molecule has 1 N–H and O–H groups in total. The predicted octanol–water partition coefficient (Wildman–Crippen LogP) is 2.83. The van der Waals surface area contributed by atoms with Gasteiger partial charge in [0.15, 0.2) is 0 Å². The average Bonchev–Trinajstić information content (AvgIpc) is 3.32. The molecule has 3 rings (SSSR count). The van der Waals surface area contributed by atoms with Crippen molar-refractivity contribution in [1.82, 2.24) is 4.90 Å². The number of ether oxygens (including phenoxy) is 1. The molecule has 0 spiro atoms. The summed E-state index contributed by atoms with van der Waals surface area (Å²) in [5.74, 6) is 0.227. The first-order valence-electron chi connectivity index (χ1n) is 8.97. The molecule has 136 valence electrons. The first-order chi connectivity index (χ1) is 11.8. The maximum atomic E-state index is 13.1. The lowest BCUT2D eigenvalue weighted by Gasteiger charge is -2.30. The zero-order chi connectivity index (χ0) is 18.2. The molecule has 2 aliphatic rings. The van der Waals surface area contributed by atoms with E-state index >= 15 is 0 Å². The van der Waals surface area contributed by atoms with E-state index in [1.54, 1.807) is 12.0 Å². The molecule has 2 atom stereocenters. The van der Waals surface area contributed by atoms with Crippen LogP contribution in [-0.2, 0) is 16.0 Å². The van der Waals surface area contributed by atoms with E-state index < -0.39 is 17.3 Å². The maximum Gasteiger partial charge on any atom is 0.308 e. The number of carbonyl (C=O) groups is 2. The Bertz CT molecular complexity index is 665. The highest BCUT2D eigenvalue weighted by molar-refractivity contribution is 5.84. The van der Waals surface area contributed by atoms with Gasteiger partial charge in [0.2, 0.25) is 5.91 Å². The summed E-state index contributed by atoms with van der Waals surface area (Å²) in [5.41, 5.74) is 0.395. The Morgan fingerprint density at radius 3 is 2.52 bits per heavy atom. The number of carboxylic acids is 1. The maximum absolute atomic E-state index is 13.1. The number of rotatable bonds is 6. The average molecular weight is 345 g/mol. The SMILES string of the molecule is COc1ccccc1CC(C)(C)C(=O)N1C[C@H](C(=O)O)[C@@H](C2CC2)C1. The van der Waals surface area contributed by atoms with Crippen LogP contribution >= 0.6 is 0 Å². The van der Waals surface area contributed by atoms with Crippen LogP contribution in [0.15, 0.2) is 24.3 Å². The quantitative estimate of drug-likeness (QED) is 0.861. The first-order valence-corrected chi connectivity index (χ1v) is 8.97. The normalized spacial score (nSPS) is 23.6. The highest BCUT2D eigenvalue weighted by Gasteiger charge is 2.48. The molecule has 0 radical (unpaired) electrons. The van der Waals surface area contributed by atoms with Gasteiger partial charge in [-0.25, -0.2) is 0 Å². The molecule has 5 heteroatoms. The van der Waals surface area contributed by atoms with Crippen molar-refractivity contribution in [1.29, 1.82) is 0 Å². The first kappa shape index (κ1) is 17.8. The second kappa shape index (κ2) is 6.70. The van der Waals surface area contributed by atoms with Crippen LogP contribution in [0, 0.1) is 23.2 Å². The highest BCUT2D eigenvalue weighted by atomic mass is 16.5. The zero-order valence-corrected chi connectivity index (χ0v) is 15.2. The fourth-order valence-electron chi connectivity index (χ4n) is 4.09. The van der Waals surface area contributed by atoms with Crippen LogP contribution in [-0.4, -0.2) is 42.1 Å². The Kier molecular flexibility index (Phi) is 4.76. The van der Waals surface area contributed by atoms with Gasteiger partial charge in [0.1, 0.15) is 5.75 Å². The van der Waals surface area contributed by atoms with Crippen molar-refractivity contribution in [2.75, 3.05) is 20.2 Å². The topological polar surface area (TPSA) is 66.8 Å². The minimum Gasteiger partial charge on any atom is -0.496 e. The van der Waals surface area contributed by atoms with Crippen molar-refractivity contribution in [3.05, 3.63) is 29.8 Å². The van der Waals surface area contributed by atoms with Gasteiger partial charge in [0.05, 0.1) is 13.0 Å². The molecule has 0 aromatic heterocycles. The molecule has 2 fully saturated rings. The van der Waals surface area contributed by atoms with Crippen molar-refractivity contribution < 1.29 is 19.4 Å². The number of methoxy groups -OCH3 is 1. The van der Waals surface area contributed by atoms with Crippen molar-refractivity contribution in [2.45, 2.75) is 33.1 Å². The fourth-order valence-corrected chi connectivity index (χ4v) is 4.09. The predicted molar refractivity (Wildman–Crippen MR) is 94.4 cm³/mol. The van der Waals surface area contributed by atoms with E-state index in [4.69, 9.17) is 4.74 Å². The summed E-state index contributed by atoms with van der Waals surface area (Å²) in [4.78, 5) is 26.5.